The molecule has 0 aliphatic carbocycles. The van der Waals surface area contributed by atoms with Crippen LogP contribution in [0.3, 0.4) is 0 Å². The van der Waals surface area contributed by atoms with Crippen LogP contribution in [0.25, 0.3) is 10.9 Å². The Kier molecular flexibility index (Phi) is 5.30. The number of nitrogens with zero attached hydrogens (tertiary/aromatic N) is 2. The molecule has 1 aromatic carbocycles. The summed E-state index contributed by atoms with van der Waals surface area (Å²) in [4.78, 5) is 19.1. The molecule has 1 aliphatic rings. The number of rotatable bonds is 5. The average Bonchev–Trinajstić information content (AvgIpc) is 2.62. The molecule has 0 saturated carbocycles. The van der Waals surface area contributed by atoms with Gasteiger partial charge in [0.1, 0.15) is 5.75 Å². The maximum absolute atomic E-state index is 12.1. The maximum Gasteiger partial charge on any atom is 0.237 e. The lowest BCUT2D eigenvalue weighted by Crippen LogP contribution is -2.48. The normalized spacial score (nSPS) is 18.5. The monoisotopic (exact) mass is 327 g/mol. The molecule has 24 heavy (non-hydrogen) atoms. The predicted octanol–water partition coefficient (Wildman–Crippen LogP) is 2.73. The van der Waals surface area contributed by atoms with E-state index in [0.29, 0.717) is 13.2 Å². The minimum Gasteiger partial charge on any atom is -0.494 e. The third-order valence-corrected chi connectivity index (χ3v) is 4.56. The molecular formula is C19H25N3O2. The lowest BCUT2D eigenvalue weighted by atomic mass is 10.0. The van der Waals surface area contributed by atoms with E-state index in [1.165, 1.54) is 0 Å². The zero-order valence-corrected chi connectivity index (χ0v) is 14.4. The highest BCUT2D eigenvalue weighted by Gasteiger charge is 2.28. The number of amides is 1. The molecule has 0 spiro atoms. The van der Waals surface area contributed by atoms with Crippen LogP contribution < -0.4 is 10.1 Å². The van der Waals surface area contributed by atoms with Gasteiger partial charge >= 0.3 is 0 Å². The van der Waals surface area contributed by atoms with Crippen LogP contribution in [0.2, 0.25) is 0 Å². The summed E-state index contributed by atoms with van der Waals surface area (Å²) in [6, 6.07) is 10.1. The van der Waals surface area contributed by atoms with Gasteiger partial charge in [-0.15, -0.1) is 0 Å². The van der Waals surface area contributed by atoms with Gasteiger partial charge in [0.05, 0.1) is 23.9 Å². The van der Waals surface area contributed by atoms with E-state index in [0.717, 1.165) is 48.2 Å². The van der Waals surface area contributed by atoms with Crippen molar-refractivity contribution in [2.45, 2.75) is 38.8 Å². The van der Waals surface area contributed by atoms with Crippen LogP contribution in [0, 0.1) is 0 Å². The summed E-state index contributed by atoms with van der Waals surface area (Å²) in [5, 5.41) is 3.86. The number of piperidine rings is 1. The van der Waals surface area contributed by atoms with E-state index in [9.17, 15) is 4.79 Å². The van der Waals surface area contributed by atoms with E-state index >= 15 is 0 Å². The summed E-state index contributed by atoms with van der Waals surface area (Å²) in [5.41, 5.74) is 1.96. The Morgan fingerprint density at radius 2 is 2.21 bits per heavy atom. The SMILES string of the molecule is CCOc1ccc2nc(CN3CCCC[C@@H]3C(=O)NC)ccc2c1. The minimum atomic E-state index is -0.0402. The Morgan fingerprint density at radius 1 is 1.33 bits per heavy atom. The molecule has 0 bridgehead atoms. The molecule has 1 amide bonds. The fraction of sp³-hybridized carbons (Fsp3) is 0.474. The fourth-order valence-electron chi connectivity index (χ4n) is 3.34. The summed E-state index contributed by atoms with van der Waals surface area (Å²) in [5.74, 6) is 0.979. The Hall–Kier alpha value is -2.14. The first kappa shape index (κ1) is 16.7. The van der Waals surface area contributed by atoms with Gasteiger partial charge in [0.2, 0.25) is 5.91 Å². The van der Waals surface area contributed by atoms with E-state index in [1.807, 2.05) is 31.2 Å². The van der Waals surface area contributed by atoms with E-state index in [1.54, 1.807) is 7.05 Å². The number of fused-ring (bicyclic) bond motifs is 1. The van der Waals surface area contributed by atoms with Gasteiger partial charge in [-0.2, -0.15) is 0 Å². The summed E-state index contributed by atoms with van der Waals surface area (Å²) < 4.78 is 5.54. The van der Waals surface area contributed by atoms with Crippen molar-refractivity contribution in [3.63, 3.8) is 0 Å². The molecule has 5 nitrogen and oxygen atoms in total. The highest BCUT2D eigenvalue weighted by molar-refractivity contribution is 5.82. The number of ether oxygens (including phenoxy) is 1. The van der Waals surface area contributed by atoms with Crippen molar-refractivity contribution >= 4 is 16.8 Å². The molecule has 5 heteroatoms. The van der Waals surface area contributed by atoms with Crippen LogP contribution in [0.5, 0.6) is 5.75 Å². The molecule has 1 fully saturated rings. The van der Waals surface area contributed by atoms with E-state index in [-0.39, 0.29) is 11.9 Å². The van der Waals surface area contributed by atoms with Gasteiger partial charge in [-0.1, -0.05) is 12.5 Å². The largest absolute Gasteiger partial charge is 0.494 e. The lowest BCUT2D eigenvalue weighted by Gasteiger charge is -2.34. The van der Waals surface area contributed by atoms with Crippen molar-refractivity contribution in [2.24, 2.45) is 0 Å². The number of likely N-dealkylation sites (tertiary alicyclic amines) is 1. The van der Waals surface area contributed by atoms with E-state index < -0.39 is 0 Å². The molecule has 3 rings (SSSR count). The fourth-order valence-corrected chi connectivity index (χ4v) is 3.34. The molecule has 1 atom stereocenters. The number of nitrogens with one attached hydrogen (secondary N) is 1. The topological polar surface area (TPSA) is 54.5 Å². The number of benzene rings is 1. The second kappa shape index (κ2) is 7.62. The van der Waals surface area contributed by atoms with Crippen LogP contribution in [-0.4, -0.2) is 42.0 Å². The zero-order chi connectivity index (χ0) is 16.9. The van der Waals surface area contributed by atoms with Crippen LogP contribution in [0.1, 0.15) is 31.9 Å². The van der Waals surface area contributed by atoms with Crippen LogP contribution in [0.4, 0.5) is 0 Å². The number of hydrogen-bond donors (Lipinski definition) is 1. The summed E-state index contributed by atoms with van der Waals surface area (Å²) in [6.45, 7) is 4.29. The first-order valence-electron chi connectivity index (χ1n) is 8.69. The average molecular weight is 327 g/mol. The van der Waals surface area contributed by atoms with Gasteiger partial charge in [0.25, 0.3) is 0 Å². The highest BCUT2D eigenvalue weighted by Crippen LogP contribution is 2.23. The molecule has 2 heterocycles. The minimum absolute atomic E-state index is 0.0402. The Morgan fingerprint density at radius 3 is 3.00 bits per heavy atom. The number of likely N-dealkylation sites (N-methyl/N-ethyl adjacent to an activating group) is 1. The number of aromatic nitrogens is 1. The first-order chi connectivity index (χ1) is 11.7. The summed E-state index contributed by atoms with van der Waals surface area (Å²) >= 11 is 0. The number of carbonyl (C=O) groups excluding carboxylic acids is 1. The molecule has 1 saturated heterocycles. The standard InChI is InChI=1S/C19H25N3O2/c1-3-24-16-9-10-17-14(12-16)7-8-15(21-17)13-22-11-5-4-6-18(22)19(23)20-2/h7-10,12,18H,3-6,11,13H2,1-2H3,(H,20,23)/t18-/m1/s1. The number of carbonyl (C=O) groups is 1. The number of hydrogen-bond acceptors (Lipinski definition) is 4. The van der Waals surface area contributed by atoms with Gasteiger partial charge in [0.15, 0.2) is 0 Å². The molecule has 1 aromatic heterocycles. The van der Waals surface area contributed by atoms with Crippen LogP contribution in [0.15, 0.2) is 30.3 Å². The van der Waals surface area contributed by atoms with Crippen molar-refractivity contribution < 1.29 is 9.53 Å². The van der Waals surface area contributed by atoms with Gasteiger partial charge in [-0.05, 0) is 50.6 Å². The van der Waals surface area contributed by atoms with Gasteiger partial charge in [0, 0.05) is 19.0 Å². The van der Waals surface area contributed by atoms with Crippen molar-refractivity contribution in [1.82, 2.24) is 15.2 Å². The number of pyridine rings is 1. The van der Waals surface area contributed by atoms with E-state index in [2.05, 4.69) is 16.3 Å². The van der Waals surface area contributed by atoms with E-state index in [4.69, 9.17) is 9.72 Å². The van der Waals surface area contributed by atoms with Crippen LogP contribution >= 0.6 is 0 Å². The molecular weight excluding hydrogens is 302 g/mol. The Bertz CT molecular complexity index is 717. The first-order valence-corrected chi connectivity index (χ1v) is 8.69. The zero-order valence-electron chi connectivity index (χ0n) is 14.4. The third-order valence-electron chi connectivity index (χ3n) is 4.56. The van der Waals surface area contributed by atoms with Crippen molar-refractivity contribution in [2.75, 3.05) is 20.2 Å². The van der Waals surface area contributed by atoms with Gasteiger partial charge in [-0.25, -0.2) is 0 Å². The van der Waals surface area contributed by atoms with Gasteiger partial charge < -0.3 is 10.1 Å². The molecule has 0 unspecified atom stereocenters. The molecule has 0 radical (unpaired) electrons. The Balaban J connectivity index is 1.78. The Labute approximate surface area is 143 Å². The second-order valence-electron chi connectivity index (χ2n) is 6.19. The molecule has 1 aliphatic heterocycles. The predicted molar refractivity (Wildman–Crippen MR) is 95.0 cm³/mol. The maximum atomic E-state index is 12.1. The van der Waals surface area contributed by atoms with Crippen molar-refractivity contribution in [3.8, 4) is 5.75 Å². The summed E-state index contributed by atoms with van der Waals surface area (Å²) in [7, 11) is 1.71. The molecule has 1 N–H and O–H groups in total. The smallest absolute Gasteiger partial charge is 0.237 e. The third kappa shape index (κ3) is 3.67. The molecule has 2 aromatic rings. The highest BCUT2D eigenvalue weighted by atomic mass is 16.5. The second-order valence-corrected chi connectivity index (χ2v) is 6.19. The van der Waals surface area contributed by atoms with Crippen molar-refractivity contribution in [3.05, 3.63) is 36.0 Å². The quantitative estimate of drug-likeness (QED) is 0.917. The van der Waals surface area contributed by atoms with Crippen molar-refractivity contribution in [1.29, 1.82) is 0 Å². The van der Waals surface area contributed by atoms with Gasteiger partial charge in [-0.3, -0.25) is 14.7 Å². The lowest BCUT2D eigenvalue weighted by molar-refractivity contribution is -0.127. The van der Waals surface area contributed by atoms with Crippen LogP contribution in [-0.2, 0) is 11.3 Å². The summed E-state index contributed by atoms with van der Waals surface area (Å²) in [6.07, 6.45) is 3.17. The molecule has 128 valence electrons.